The number of hydrogen-bond acceptors (Lipinski definition) is 17. The van der Waals surface area contributed by atoms with E-state index < -0.39 is 41.3 Å². The average Bonchev–Trinajstić information content (AvgIpc) is 3.15. The second-order valence-electron chi connectivity index (χ2n) is 10.2. The van der Waals surface area contributed by atoms with E-state index in [0.29, 0.717) is 17.2 Å². The third kappa shape index (κ3) is 9.78. The molecule has 0 saturated carbocycles. The Morgan fingerprint density at radius 3 is 1.67 bits per heavy atom. The molecule has 0 aliphatic carbocycles. The van der Waals surface area contributed by atoms with Crippen LogP contribution in [0.5, 0.6) is 11.5 Å². The lowest BCUT2D eigenvalue weighted by Gasteiger charge is -2.14. The van der Waals surface area contributed by atoms with E-state index >= 15 is 0 Å². The van der Waals surface area contributed by atoms with Crippen LogP contribution >= 0.6 is 11.6 Å². The minimum Gasteiger partial charge on any atom is -0.497 e. The summed E-state index contributed by atoms with van der Waals surface area (Å²) in [6.45, 7) is 0. The highest BCUT2D eigenvalue weighted by Gasteiger charge is 2.23. The third-order valence-corrected chi connectivity index (χ3v) is 10.1. The third-order valence-electron chi connectivity index (χ3n) is 6.95. The van der Waals surface area contributed by atoms with Crippen molar-refractivity contribution >= 4 is 77.7 Å². The molecule has 0 spiro atoms. The van der Waals surface area contributed by atoms with E-state index in [4.69, 9.17) is 21.1 Å². The number of sulfonamides is 2. The fourth-order valence-corrected chi connectivity index (χ4v) is 6.26. The predicted molar refractivity (Wildman–Crippen MR) is 201 cm³/mol. The number of nitrogens with one attached hydrogen (secondary N) is 5. The summed E-state index contributed by atoms with van der Waals surface area (Å²) in [5, 5.41) is 30.5. The Bertz CT molecular complexity index is 2420. The molecule has 0 aliphatic heterocycles. The van der Waals surface area contributed by atoms with Crippen LogP contribution in [0.2, 0.25) is 5.28 Å². The molecule has 0 saturated heterocycles. The summed E-state index contributed by atoms with van der Waals surface area (Å²) < 4.78 is 63.4. The van der Waals surface area contributed by atoms with Gasteiger partial charge in [-0.05, 0) is 62.1 Å². The van der Waals surface area contributed by atoms with E-state index in [0.717, 1.165) is 12.4 Å². The number of nitro groups is 2. The van der Waals surface area contributed by atoms with E-state index in [-0.39, 0.29) is 46.9 Å². The van der Waals surface area contributed by atoms with Crippen LogP contribution in [0.25, 0.3) is 0 Å². The Labute approximate surface area is 315 Å². The Balaban J connectivity index is 0.000000398. The van der Waals surface area contributed by atoms with Crippen LogP contribution in [-0.4, -0.2) is 74.9 Å². The van der Waals surface area contributed by atoms with Crippen LogP contribution in [0.15, 0.2) is 88.9 Å². The van der Waals surface area contributed by atoms with Crippen LogP contribution < -0.4 is 34.9 Å². The monoisotopic (exact) mass is 807 g/mol. The Kier molecular flexibility index (Phi) is 13.1. The van der Waals surface area contributed by atoms with Gasteiger partial charge in [0.15, 0.2) is 0 Å². The van der Waals surface area contributed by atoms with Crippen molar-refractivity contribution in [3.8, 4) is 11.5 Å². The van der Waals surface area contributed by atoms with Crippen LogP contribution in [0.3, 0.4) is 0 Å². The number of methoxy groups -OCH3 is 2. The molecule has 0 aliphatic rings. The maximum absolute atomic E-state index is 12.3. The lowest BCUT2D eigenvalue weighted by Crippen LogP contribution is -2.19. The summed E-state index contributed by atoms with van der Waals surface area (Å²) in [6, 6.07) is 16.9. The van der Waals surface area contributed by atoms with Gasteiger partial charge in [0.1, 0.15) is 33.7 Å². The fourth-order valence-electron chi connectivity index (χ4n) is 4.36. The summed E-state index contributed by atoms with van der Waals surface area (Å²) in [6.07, 6.45) is 1.95. The molecule has 0 radical (unpaired) electrons. The lowest BCUT2D eigenvalue weighted by atomic mass is 10.2. The normalized spacial score (nSPS) is 11.1. The molecule has 0 unspecified atom stereocenters. The summed E-state index contributed by atoms with van der Waals surface area (Å²) in [7, 11) is -2.06. The number of nitrogens with zero attached hydrogens (tertiary/aromatic N) is 6. The standard InChI is InChI=1S/C19H20N6O6S.C11H10ClN5O4S.2H2/c1-20-32(28,29)17-7-5-4-6-13(17)22-18-15(25(26)27)11-21-19(24-18)23-14-10-12(30-2)8-9-16(14)31-3;1-13-22(20,21)9-5-3-2-4-7(9)15-10-8(17(18)19)6-14-11(12)16-10;;/h4-11,20H,1-3H3,(H2,21,22,23,24);2-6,13H,1H3,(H,14,15,16);2*1H. The minimum atomic E-state index is -3.83. The van der Waals surface area contributed by atoms with Gasteiger partial charge in [0, 0.05) is 8.92 Å². The molecule has 5 rings (SSSR count). The van der Waals surface area contributed by atoms with Crippen LogP contribution in [0.1, 0.15) is 2.85 Å². The van der Waals surface area contributed by atoms with Gasteiger partial charge in [0.05, 0.1) is 41.1 Å². The van der Waals surface area contributed by atoms with Gasteiger partial charge in [-0.15, -0.1) is 0 Å². The Morgan fingerprint density at radius 2 is 1.19 bits per heavy atom. The van der Waals surface area contributed by atoms with Crippen molar-refractivity contribution in [3.63, 3.8) is 0 Å². The van der Waals surface area contributed by atoms with Gasteiger partial charge in [-0.25, -0.2) is 36.2 Å². The van der Waals surface area contributed by atoms with Crippen molar-refractivity contribution in [1.29, 1.82) is 0 Å². The molecular formula is C30H34ClN11O10S2. The van der Waals surface area contributed by atoms with Gasteiger partial charge in [-0.2, -0.15) is 9.97 Å². The first-order valence-corrected chi connectivity index (χ1v) is 18.2. The Morgan fingerprint density at radius 1 is 0.685 bits per heavy atom. The second-order valence-corrected chi connectivity index (χ2v) is 14.2. The lowest BCUT2D eigenvalue weighted by molar-refractivity contribution is -0.384. The van der Waals surface area contributed by atoms with E-state index in [1.54, 1.807) is 30.3 Å². The van der Waals surface area contributed by atoms with Gasteiger partial charge >= 0.3 is 11.4 Å². The summed E-state index contributed by atoms with van der Waals surface area (Å²) >= 11 is 5.63. The van der Waals surface area contributed by atoms with Crippen molar-refractivity contribution in [2.24, 2.45) is 0 Å². The zero-order valence-electron chi connectivity index (χ0n) is 28.5. The average molecular weight is 808 g/mol. The first kappa shape index (κ1) is 40.5. The number of anilines is 6. The molecule has 21 nitrogen and oxygen atoms in total. The van der Waals surface area contributed by atoms with Crippen molar-refractivity contribution in [2.45, 2.75) is 9.79 Å². The SMILES string of the molecule is CNS(=O)(=O)c1ccccc1Nc1nc(Cl)ncc1[N+](=O)[O-].CNS(=O)(=O)c1ccccc1Nc1nc(Nc2cc(OC)ccc2OC)ncc1[N+](=O)[O-].[HH].[HH]. The smallest absolute Gasteiger partial charge is 0.329 e. The maximum Gasteiger partial charge on any atom is 0.329 e. The van der Waals surface area contributed by atoms with Crippen LogP contribution in [0.4, 0.5) is 46.0 Å². The molecule has 0 atom stereocenters. The highest BCUT2D eigenvalue weighted by molar-refractivity contribution is 7.90. The molecule has 5 aromatic rings. The largest absolute Gasteiger partial charge is 0.497 e. The maximum atomic E-state index is 12.3. The molecule has 2 aromatic heterocycles. The van der Waals surface area contributed by atoms with Gasteiger partial charge in [0.2, 0.25) is 42.9 Å². The molecule has 3 aromatic carbocycles. The number of halogens is 1. The zero-order chi connectivity index (χ0) is 39.6. The van der Waals surface area contributed by atoms with E-state index in [1.807, 2.05) is 0 Å². The topological polar surface area (TPSA) is 285 Å². The predicted octanol–water partition coefficient (Wildman–Crippen LogP) is 4.98. The zero-order valence-corrected chi connectivity index (χ0v) is 30.9. The van der Waals surface area contributed by atoms with Crippen molar-refractivity contribution in [1.82, 2.24) is 29.4 Å². The number of ether oxygens (including phenoxy) is 2. The van der Waals surface area contributed by atoms with Crippen molar-refractivity contribution < 1.29 is 39.0 Å². The fraction of sp³-hybridized carbons (Fsp3) is 0.133. The molecule has 24 heteroatoms. The van der Waals surface area contributed by atoms with Gasteiger partial charge in [-0.1, -0.05) is 24.3 Å². The number of aromatic nitrogens is 4. The molecule has 54 heavy (non-hydrogen) atoms. The number of rotatable bonds is 14. The Hall–Kier alpha value is -6.27. The molecule has 0 fully saturated rings. The quantitative estimate of drug-likeness (QED) is 0.0562. The van der Waals surface area contributed by atoms with Crippen molar-refractivity contribution in [3.05, 3.63) is 105 Å². The molecule has 0 bridgehead atoms. The van der Waals surface area contributed by atoms with Gasteiger partial charge in [0.25, 0.3) is 0 Å². The molecule has 288 valence electrons. The van der Waals surface area contributed by atoms with Crippen LogP contribution in [0, 0.1) is 20.2 Å². The number of benzene rings is 3. The summed E-state index contributed by atoms with van der Waals surface area (Å²) in [4.78, 5) is 36.3. The van der Waals surface area contributed by atoms with E-state index in [2.05, 4.69) is 45.3 Å². The first-order valence-electron chi connectivity index (χ1n) is 14.9. The summed E-state index contributed by atoms with van der Waals surface area (Å²) in [5.41, 5.74) is -0.182. The van der Waals surface area contributed by atoms with Crippen LogP contribution in [-0.2, 0) is 20.0 Å². The first-order chi connectivity index (χ1) is 25.6. The number of hydrogen-bond donors (Lipinski definition) is 5. The second kappa shape index (κ2) is 17.5. The molecular weight excluding hydrogens is 774 g/mol. The van der Waals surface area contributed by atoms with E-state index in [9.17, 15) is 37.1 Å². The number of para-hydroxylation sites is 2. The van der Waals surface area contributed by atoms with E-state index in [1.165, 1.54) is 64.7 Å². The molecule has 5 N–H and O–H groups in total. The van der Waals surface area contributed by atoms with Crippen molar-refractivity contribution in [2.75, 3.05) is 44.3 Å². The minimum absolute atomic E-state index is 0. The van der Waals surface area contributed by atoms with Gasteiger partial charge in [-0.3, -0.25) is 20.2 Å². The molecule has 0 amide bonds. The highest BCUT2D eigenvalue weighted by Crippen LogP contribution is 2.34. The highest BCUT2D eigenvalue weighted by atomic mass is 35.5. The summed E-state index contributed by atoms with van der Waals surface area (Å²) in [5.74, 6) is 0.614. The molecule has 2 heterocycles. The van der Waals surface area contributed by atoms with Gasteiger partial charge < -0.3 is 25.4 Å².